The van der Waals surface area contributed by atoms with Crippen LogP contribution in [0.25, 0.3) is 0 Å². The van der Waals surface area contributed by atoms with Crippen LogP contribution in [0.1, 0.15) is 0 Å². The maximum absolute atomic E-state index is 12.8. The van der Waals surface area contributed by atoms with E-state index in [9.17, 15) is 12.8 Å². The van der Waals surface area contributed by atoms with E-state index < -0.39 is 15.8 Å². The lowest BCUT2D eigenvalue weighted by Gasteiger charge is -2.05. The summed E-state index contributed by atoms with van der Waals surface area (Å²) in [5.41, 5.74) is 0. The minimum absolute atomic E-state index is 0.0568. The zero-order valence-corrected chi connectivity index (χ0v) is 9.14. The standard InChI is InChI=1S/C9H13FN2O2S/c1-11-5-6-12-15(13,14)9-4-2-3-8(10)7-9/h2-4,7,11-12H,5-6H2,1H3. The number of rotatable bonds is 5. The van der Waals surface area contributed by atoms with E-state index in [0.29, 0.717) is 6.54 Å². The second kappa shape index (κ2) is 5.20. The van der Waals surface area contributed by atoms with Crippen molar-refractivity contribution >= 4 is 10.0 Å². The Morgan fingerprint density at radius 1 is 1.33 bits per heavy atom. The number of sulfonamides is 1. The van der Waals surface area contributed by atoms with Gasteiger partial charge in [-0.25, -0.2) is 17.5 Å². The maximum atomic E-state index is 12.8. The van der Waals surface area contributed by atoms with Gasteiger partial charge in [0, 0.05) is 13.1 Å². The van der Waals surface area contributed by atoms with E-state index in [4.69, 9.17) is 0 Å². The van der Waals surface area contributed by atoms with Crippen molar-refractivity contribution in [2.45, 2.75) is 4.90 Å². The minimum Gasteiger partial charge on any atom is -0.318 e. The molecule has 1 aromatic rings. The summed E-state index contributed by atoms with van der Waals surface area (Å²) < 4.78 is 38.2. The van der Waals surface area contributed by atoms with Crippen LogP contribution in [0.4, 0.5) is 4.39 Å². The third kappa shape index (κ3) is 3.58. The number of hydrogen-bond acceptors (Lipinski definition) is 3. The molecule has 2 N–H and O–H groups in total. The summed E-state index contributed by atoms with van der Waals surface area (Å²) >= 11 is 0. The molecular formula is C9H13FN2O2S. The number of benzene rings is 1. The van der Waals surface area contributed by atoms with Crippen LogP contribution in [0.2, 0.25) is 0 Å². The first kappa shape index (κ1) is 12.1. The number of hydrogen-bond donors (Lipinski definition) is 2. The molecule has 1 aromatic carbocycles. The van der Waals surface area contributed by atoms with Crippen molar-refractivity contribution in [1.82, 2.24) is 10.0 Å². The fourth-order valence-corrected chi connectivity index (χ4v) is 2.09. The number of likely N-dealkylation sites (N-methyl/N-ethyl adjacent to an activating group) is 1. The Morgan fingerprint density at radius 3 is 2.67 bits per heavy atom. The van der Waals surface area contributed by atoms with Crippen molar-refractivity contribution in [1.29, 1.82) is 0 Å². The Labute approximate surface area is 88.6 Å². The number of halogens is 1. The van der Waals surface area contributed by atoms with E-state index in [1.165, 1.54) is 18.2 Å². The summed E-state index contributed by atoms with van der Waals surface area (Å²) in [5, 5.41) is 2.80. The molecule has 0 radical (unpaired) electrons. The van der Waals surface area contributed by atoms with Gasteiger partial charge in [-0.05, 0) is 25.2 Å². The van der Waals surface area contributed by atoms with Crippen molar-refractivity contribution in [3.8, 4) is 0 Å². The average Bonchev–Trinajstić information content (AvgIpc) is 2.18. The van der Waals surface area contributed by atoms with Gasteiger partial charge >= 0.3 is 0 Å². The van der Waals surface area contributed by atoms with Crippen LogP contribution in [0.5, 0.6) is 0 Å². The van der Waals surface area contributed by atoms with Crippen LogP contribution < -0.4 is 10.0 Å². The van der Waals surface area contributed by atoms with E-state index in [2.05, 4.69) is 10.0 Å². The highest BCUT2D eigenvalue weighted by atomic mass is 32.2. The average molecular weight is 232 g/mol. The normalized spacial score (nSPS) is 11.6. The summed E-state index contributed by atoms with van der Waals surface area (Å²) in [7, 11) is -1.87. The van der Waals surface area contributed by atoms with E-state index in [1.807, 2.05) is 0 Å². The van der Waals surface area contributed by atoms with Gasteiger partial charge in [0.05, 0.1) is 4.90 Å². The van der Waals surface area contributed by atoms with Crippen molar-refractivity contribution in [2.75, 3.05) is 20.1 Å². The second-order valence-electron chi connectivity index (χ2n) is 2.96. The van der Waals surface area contributed by atoms with Crippen molar-refractivity contribution in [3.05, 3.63) is 30.1 Å². The summed E-state index contributed by atoms with van der Waals surface area (Å²) in [6, 6.07) is 4.90. The quantitative estimate of drug-likeness (QED) is 0.719. The van der Waals surface area contributed by atoms with Gasteiger partial charge in [0.2, 0.25) is 10.0 Å². The molecular weight excluding hydrogens is 219 g/mol. The largest absolute Gasteiger partial charge is 0.318 e. The smallest absolute Gasteiger partial charge is 0.240 e. The van der Waals surface area contributed by atoms with Crippen LogP contribution in [0, 0.1) is 5.82 Å². The SMILES string of the molecule is CNCCNS(=O)(=O)c1cccc(F)c1. The van der Waals surface area contributed by atoms with Crippen LogP contribution in [0.15, 0.2) is 29.2 Å². The molecule has 0 aliphatic heterocycles. The van der Waals surface area contributed by atoms with E-state index in [-0.39, 0.29) is 11.4 Å². The Hall–Kier alpha value is -0.980. The van der Waals surface area contributed by atoms with Crippen molar-refractivity contribution in [2.24, 2.45) is 0 Å². The summed E-state index contributed by atoms with van der Waals surface area (Å²) in [4.78, 5) is -0.0568. The molecule has 0 spiro atoms. The predicted molar refractivity (Wildman–Crippen MR) is 55.5 cm³/mol. The molecule has 0 fully saturated rings. The summed E-state index contributed by atoms with van der Waals surface area (Å²) in [6.07, 6.45) is 0. The molecule has 84 valence electrons. The third-order valence-corrected chi connectivity index (χ3v) is 3.23. The molecule has 4 nitrogen and oxygen atoms in total. The lowest BCUT2D eigenvalue weighted by molar-refractivity contribution is 0.576. The molecule has 0 saturated heterocycles. The van der Waals surface area contributed by atoms with E-state index in [1.54, 1.807) is 7.05 Å². The first-order valence-corrected chi connectivity index (χ1v) is 5.94. The summed E-state index contributed by atoms with van der Waals surface area (Å²) in [5.74, 6) is -0.563. The van der Waals surface area contributed by atoms with Crippen LogP contribution >= 0.6 is 0 Å². The number of nitrogens with one attached hydrogen (secondary N) is 2. The fraction of sp³-hybridized carbons (Fsp3) is 0.333. The molecule has 0 aliphatic carbocycles. The molecule has 0 bridgehead atoms. The molecule has 0 heterocycles. The maximum Gasteiger partial charge on any atom is 0.240 e. The van der Waals surface area contributed by atoms with Gasteiger partial charge < -0.3 is 5.32 Å². The Balaban J connectivity index is 2.77. The highest BCUT2D eigenvalue weighted by molar-refractivity contribution is 7.89. The van der Waals surface area contributed by atoms with Crippen molar-refractivity contribution < 1.29 is 12.8 Å². The zero-order valence-electron chi connectivity index (χ0n) is 8.33. The monoisotopic (exact) mass is 232 g/mol. The third-order valence-electron chi connectivity index (χ3n) is 1.77. The lowest BCUT2D eigenvalue weighted by Crippen LogP contribution is -2.30. The van der Waals surface area contributed by atoms with Gasteiger partial charge in [-0.3, -0.25) is 0 Å². The van der Waals surface area contributed by atoms with Gasteiger partial charge in [-0.2, -0.15) is 0 Å². The van der Waals surface area contributed by atoms with Gasteiger partial charge in [0.15, 0.2) is 0 Å². The Morgan fingerprint density at radius 2 is 2.07 bits per heavy atom. The van der Waals surface area contributed by atoms with Crippen LogP contribution in [-0.4, -0.2) is 28.6 Å². The molecule has 15 heavy (non-hydrogen) atoms. The highest BCUT2D eigenvalue weighted by Gasteiger charge is 2.13. The molecule has 1 rings (SSSR count). The van der Waals surface area contributed by atoms with Gasteiger partial charge in [-0.15, -0.1) is 0 Å². The van der Waals surface area contributed by atoms with Crippen molar-refractivity contribution in [3.63, 3.8) is 0 Å². The van der Waals surface area contributed by atoms with Gasteiger partial charge in [0.1, 0.15) is 5.82 Å². The summed E-state index contributed by atoms with van der Waals surface area (Å²) in [6.45, 7) is 0.796. The molecule has 0 saturated carbocycles. The van der Waals surface area contributed by atoms with Crippen LogP contribution in [0.3, 0.4) is 0 Å². The first-order valence-electron chi connectivity index (χ1n) is 4.46. The topological polar surface area (TPSA) is 58.2 Å². The Bertz CT molecular complexity index is 420. The highest BCUT2D eigenvalue weighted by Crippen LogP contribution is 2.09. The van der Waals surface area contributed by atoms with E-state index >= 15 is 0 Å². The molecule has 0 aliphatic rings. The Kier molecular flexibility index (Phi) is 4.19. The van der Waals surface area contributed by atoms with Gasteiger partial charge in [0.25, 0.3) is 0 Å². The zero-order chi connectivity index (χ0) is 11.3. The molecule has 0 atom stereocenters. The van der Waals surface area contributed by atoms with Gasteiger partial charge in [-0.1, -0.05) is 6.07 Å². The first-order chi connectivity index (χ1) is 7.06. The fourth-order valence-electron chi connectivity index (χ4n) is 1.03. The van der Waals surface area contributed by atoms with Crippen LogP contribution in [-0.2, 0) is 10.0 Å². The second-order valence-corrected chi connectivity index (χ2v) is 4.73. The minimum atomic E-state index is -3.59. The molecule has 0 amide bonds. The predicted octanol–water partition coefficient (Wildman–Crippen LogP) is 0.323. The lowest BCUT2D eigenvalue weighted by atomic mass is 10.4. The molecule has 0 aromatic heterocycles. The van der Waals surface area contributed by atoms with E-state index in [0.717, 1.165) is 6.07 Å². The molecule has 6 heteroatoms. The molecule has 0 unspecified atom stereocenters.